The summed E-state index contributed by atoms with van der Waals surface area (Å²) in [5.41, 5.74) is 1.46. The van der Waals surface area contributed by atoms with Crippen LogP contribution in [-0.4, -0.2) is 64.2 Å². The molecule has 2 unspecified atom stereocenters. The minimum atomic E-state index is -3.86. The molecule has 1 saturated heterocycles. The Bertz CT molecular complexity index is 718. The van der Waals surface area contributed by atoms with E-state index >= 15 is 0 Å². The van der Waals surface area contributed by atoms with Crippen LogP contribution in [0.3, 0.4) is 0 Å². The van der Waals surface area contributed by atoms with Crippen molar-refractivity contribution >= 4 is 18.8 Å². The van der Waals surface area contributed by atoms with Gasteiger partial charge in [0.2, 0.25) is 0 Å². The lowest BCUT2D eigenvalue weighted by atomic mass is 10.2. The highest BCUT2D eigenvalue weighted by Gasteiger charge is 2.28. The zero-order valence-corrected chi connectivity index (χ0v) is 14.3. The molecule has 0 aliphatic carbocycles. The van der Waals surface area contributed by atoms with Crippen LogP contribution in [0, 0.1) is 0 Å². The molecule has 2 atom stereocenters. The third-order valence-corrected chi connectivity index (χ3v) is 5.38. The molecule has 1 aliphatic heterocycles. The fraction of sp³-hybridized carbons (Fsp3) is 0.571. The summed E-state index contributed by atoms with van der Waals surface area (Å²) in [6.07, 6.45) is 1.71. The van der Waals surface area contributed by atoms with Crippen molar-refractivity contribution in [2.45, 2.75) is 18.9 Å². The molecule has 1 aromatic heterocycles. The highest BCUT2D eigenvalue weighted by molar-refractivity contribution is 7.50. The number of ether oxygens (including phenoxy) is 1. The second kappa shape index (κ2) is 7.58. The van der Waals surface area contributed by atoms with Gasteiger partial charge >= 0.3 is 7.75 Å². The molecule has 1 fully saturated rings. The number of benzene rings is 1. The molecule has 0 spiro atoms. The minimum Gasteiger partial charge on any atom is -0.394 e. The summed E-state index contributed by atoms with van der Waals surface area (Å²) in [7, 11) is -2.35. The van der Waals surface area contributed by atoms with E-state index in [2.05, 4.69) is 10.3 Å². The maximum atomic E-state index is 12.2. The number of hydrogen-bond acceptors (Lipinski definition) is 6. The first-order chi connectivity index (χ1) is 11.6. The monoisotopic (exact) mass is 356 g/mol. The number of aromatic nitrogens is 3. The average Bonchev–Trinajstić information content (AvgIpc) is 3.23. The van der Waals surface area contributed by atoms with Crippen LogP contribution >= 0.6 is 7.75 Å². The van der Waals surface area contributed by atoms with Crippen LogP contribution in [0.15, 0.2) is 24.3 Å². The van der Waals surface area contributed by atoms with E-state index in [0.29, 0.717) is 6.61 Å². The van der Waals surface area contributed by atoms with Crippen molar-refractivity contribution in [2.24, 2.45) is 0 Å². The lowest BCUT2D eigenvalue weighted by molar-refractivity contribution is 0.0526. The summed E-state index contributed by atoms with van der Waals surface area (Å²) in [6, 6.07) is 7.39. The van der Waals surface area contributed by atoms with Gasteiger partial charge in [-0.15, -0.1) is 5.10 Å². The van der Waals surface area contributed by atoms with Gasteiger partial charge in [-0.25, -0.2) is 9.24 Å². The van der Waals surface area contributed by atoms with Crippen LogP contribution in [0.5, 0.6) is 0 Å². The van der Waals surface area contributed by atoms with Crippen molar-refractivity contribution in [2.75, 3.05) is 33.4 Å². The van der Waals surface area contributed by atoms with Crippen LogP contribution in [0.4, 0.5) is 0 Å². The zero-order chi connectivity index (χ0) is 17.0. The van der Waals surface area contributed by atoms with Crippen molar-refractivity contribution in [1.29, 1.82) is 0 Å². The number of rotatable bonds is 8. The number of likely N-dealkylation sites (N-methyl/N-ethyl adjacent to an activating group) is 1. The van der Waals surface area contributed by atoms with Crippen LogP contribution in [0.2, 0.25) is 0 Å². The number of hydrogen-bond donors (Lipinski definition) is 1. The van der Waals surface area contributed by atoms with E-state index in [0.717, 1.165) is 23.9 Å². The fourth-order valence-electron chi connectivity index (χ4n) is 2.38. The molecule has 1 aliphatic rings. The van der Waals surface area contributed by atoms with Gasteiger partial charge in [-0.05, 0) is 37.2 Å². The highest BCUT2D eigenvalue weighted by Crippen LogP contribution is 2.45. The van der Waals surface area contributed by atoms with Gasteiger partial charge in [0.15, 0.2) is 0 Å². The van der Waals surface area contributed by atoms with Crippen LogP contribution in [0.25, 0.3) is 11.0 Å². The summed E-state index contributed by atoms with van der Waals surface area (Å²) in [4.78, 5) is 16.8. The number of para-hydroxylation sites is 1. The molecule has 1 N–H and O–H groups in total. The molecule has 2 aromatic rings. The third-order valence-electron chi connectivity index (χ3n) is 3.83. The maximum Gasteiger partial charge on any atom is 0.405 e. The van der Waals surface area contributed by atoms with E-state index in [1.54, 1.807) is 0 Å². The van der Waals surface area contributed by atoms with Crippen molar-refractivity contribution in [1.82, 2.24) is 19.8 Å². The summed E-state index contributed by atoms with van der Waals surface area (Å²) in [5, 5.41) is 7.86. The Labute approximate surface area is 139 Å². The standard InChI is InChI=1S/C14H21N4O5P/c1-17(24(19,20)23-11-12-5-4-9-21-12)8-10-22-18-14-7-3-2-6-13(14)15-16-18/h2-3,6-7,12H,4-5,8-11H2,1H3,(H,19,20). The zero-order valence-electron chi connectivity index (χ0n) is 13.4. The third kappa shape index (κ3) is 4.12. The molecule has 0 amide bonds. The molecule has 0 saturated carbocycles. The van der Waals surface area contributed by atoms with E-state index in [1.807, 2.05) is 24.3 Å². The number of fused-ring (bicyclic) bond motifs is 1. The molecule has 9 nitrogen and oxygen atoms in total. The Morgan fingerprint density at radius 3 is 3.12 bits per heavy atom. The molecule has 0 radical (unpaired) electrons. The van der Waals surface area contributed by atoms with Gasteiger partial charge in [-0.2, -0.15) is 0 Å². The first kappa shape index (κ1) is 17.3. The van der Waals surface area contributed by atoms with Gasteiger partial charge < -0.3 is 14.5 Å². The van der Waals surface area contributed by atoms with Gasteiger partial charge in [0.25, 0.3) is 0 Å². The van der Waals surface area contributed by atoms with Gasteiger partial charge in [0.05, 0.1) is 12.7 Å². The van der Waals surface area contributed by atoms with Crippen molar-refractivity contribution in [3.8, 4) is 0 Å². The first-order valence-electron chi connectivity index (χ1n) is 7.80. The Morgan fingerprint density at radius 2 is 2.33 bits per heavy atom. The smallest absolute Gasteiger partial charge is 0.394 e. The topological polar surface area (TPSA) is 98.9 Å². The van der Waals surface area contributed by atoms with Crippen LogP contribution < -0.4 is 4.84 Å². The predicted molar refractivity (Wildman–Crippen MR) is 86.4 cm³/mol. The summed E-state index contributed by atoms with van der Waals surface area (Å²) in [6.45, 7) is 1.16. The highest BCUT2D eigenvalue weighted by atomic mass is 31.2. The molecule has 10 heteroatoms. The quantitative estimate of drug-likeness (QED) is 0.702. The van der Waals surface area contributed by atoms with Gasteiger partial charge in [0, 0.05) is 13.2 Å². The van der Waals surface area contributed by atoms with Crippen molar-refractivity contribution in [3.63, 3.8) is 0 Å². The van der Waals surface area contributed by atoms with E-state index in [-0.39, 0.29) is 25.9 Å². The summed E-state index contributed by atoms with van der Waals surface area (Å²) >= 11 is 0. The molecule has 0 bridgehead atoms. The normalized spacial score (nSPS) is 20.5. The van der Waals surface area contributed by atoms with Crippen molar-refractivity contribution < 1.29 is 23.6 Å². The minimum absolute atomic E-state index is 0.100. The Balaban J connectivity index is 1.47. The lowest BCUT2D eigenvalue weighted by Crippen LogP contribution is -2.27. The van der Waals surface area contributed by atoms with E-state index in [1.165, 1.54) is 16.6 Å². The summed E-state index contributed by atoms with van der Waals surface area (Å²) < 4.78 is 24.0. The predicted octanol–water partition coefficient (Wildman–Crippen LogP) is 1.09. The first-order valence-corrected chi connectivity index (χ1v) is 9.33. The van der Waals surface area contributed by atoms with Crippen LogP contribution in [0.1, 0.15) is 12.8 Å². The Kier molecular flexibility index (Phi) is 5.47. The Morgan fingerprint density at radius 1 is 1.50 bits per heavy atom. The largest absolute Gasteiger partial charge is 0.405 e. The molecule has 24 heavy (non-hydrogen) atoms. The molecular weight excluding hydrogens is 335 g/mol. The van der Waals surface area contributed by atoms with Gasteiger partial charge in [-0.3, -0.25) is 4.52 Å². The molecule has 2 heterocycles. The second-order valence-corrected chi connectivity index (χ2v) is 7.51. The van der Waals surface area contributed by atoms with Crippen LogP contribution in [-0.2, 0) is 13.8 Å². The summed E-state index contributed by atoms with van der Waals surface area (Å²) in [5.74, 6) is 0. The van der Waals surface area contributed by atoms with E-state index in [9.17, 15) is 9.46 Å². The fourth-order valence-corrected chi connectivity index (χ4v) is 3.28. The maximum absolute atomic E-state index is 12.2. The number of nitrogens with zero attached hydrogens (tertiary/aromatic N) is 4. The molecule has 3 rings (SSSR count). The lowest BCUT2D eigenvalue weighted by Gasteiger charge is -2.23. The SMILES string of the molecule is CN(CCOn1nnc2ccccc21)P(=O)(O)OCC1CCCO1. The van der Waals surface area contributed by atoms with Gasteiger partial charge in [0.1, 0.15) is 17.6 Å². The molecule has 132 valence electrons. The van der Waals surface area contributed by atoms with E-state index < -0.39 is 7.75 Å². The van der Waals surface area contributed by atoms with Gasteiger partial charge in [-0.1, -0.05) is 17.0 Å². The van der Waals surface area contributed by atoms with E-state index in [4.69, 9.17) is 14.1 Å². The van der Waals surface area contributed by atoms with Crippen molar-refractivity contribution in [3.05, 3.63) is 24.3 Å². The second-order valence-electron chi connectivity index (χ2n) is 5.59. The Hall–Kier alpha value is -1.51. The molecular formula is C14H21N4O5P. The molecule has 1 aromatic carbocycles. The average molecular weight is 356 g/mol.